The number of hydrogen-bond donors (Lipinski definition) is 2. The number of nitrogens with two attached hydrogens (primary N) is 1. The van der Waals surface area contributed by atoms with Crippen molar-refractivity contribution in [2.45, 2.75) is 46.1 Å². The van der Waals surface area contributed by atoms with E-state index in [1.54, 1.807) is 0 Å². The molecule has 5 nitrogen and oxygen atoms in total. The minimum Gasteiger partial charge on any atom is -0.366 e. The van der Waals surface area contributed by atoms with Gasteiger partial charge in [-0.05, 0) is 32.3 Å². The van der Waals surface area contributed by atoms with Crippen LogP contribution in [0.4, 0.5) is 5.82 Å². The number of anilines is 1. The van der Waals surface area contributed by atoms with Gasteiger partial charge in [0.1, 0.15) is 11.6 Å². The fourth-order valence-corrected chi connectivity index (χ4v) is 1.73. The Kier molecular flexibility index (Phi) is 4.62. The van der Waals surface area contributed by atoms with Crippen molar-refractivity contribution in [2.75, 3.05) is 11.9 Å². The van der Waals surface area contributed by atoms with E-state index in [1.807, 2.05) is 27.7 Å². The lowest BCUT2D eigenvalue weighted by Gasteiger charge is -2.20. The van der Waals surface area contributed by atoms with E-state index in [4.69, 9.17) is 5.73 Å². The van der Waals surface area contributed by atoms with Crippen LogP contribution in [0.3, 0.4) is 0 Å². The van der Waals surface area contributed by atoms with Gasteiger partial charge in [0.2, 0.25) is 0 Å². The molecule has 0 aliphatic rings. The number of aromatic nitrogens is 2. The summed E-state index contributed by atoms with van der Waals surface area (Å²) in [6, 6.07) is 2.22. The third-order valence-electron chi connectivity index (χ3n) is 2.67. The van der Waals surface area contributed by atoms with Crippen LogP contribution in [0.15, 0.2) is 0 Å². The first-order valence-electron chi connectivity index (χ1n) is 6.24. The van der Waals surface area contributed by atoms with E-state index in [-0.39, 0.29) is 5.54 Å². The molecule has 98 valence electrons. The topological polar surface area (TPSA) is 87.6 Å². The van der Waals surface area contributed by atoms with Crippen LogP contribution in [-0.4, -0.2) is 22.3 Å². The molecule has 0 saturated heterocycles. The van der Waals surface area contributed by atoms with Crippen molar-refractivity contribution in [3.8, 4) is 6.07 Å². The minimum absolute atomic E-state index is 0.357. The highest BCUT2D eigenvalue weighted by Gasteiger charge is 2.16. The van der Waals surface area contributed by atoms with Crippen LogP contribution in [0.2, 0.25) is 0 Å². The molecule has 5 heteroatoms. The summed E-state index contributed by atoms with van der Waals surface area (Å²) in [6.45, 7) is 8.42. The van der Waals surface area contributed by atoms with Crippen LogP contribution in [0.25, 0.3) is 0 Å². The van der Waals surface area contributed by atoms with E-state index in [9.17, 15) is 5.26 Å². The predicted octanol–water partition coefficient (Wildman–Crippen LogP) is 1.62. The number of nitrogens with one attached hydrogen (secondary N) is 1. The van der Waals surface area contributed by atoms with Crippen LogP contribution in [0.1, 0.15) is 44.5 Å². The highest BCUT2D eigenvalue weighted by atomic mass is 15.2. The number of aryl methyl sites for hydroxylation is 1. The molecule has 0 spiro atoms. The number of nitrogens with zero attached hydrogens (tertiary/aromatic N) is 3. The molecule has 3 N–H and O–H groups in total. The molecule has 0 saturated carbocycles. The van der Waals surface area contributed by atoms with Crippen LogP contribution < -0.4 is 11.1 Å². The summed E-state index contributed by atoms with van der Waals surface area (Å²) >= 11 is 0. The van der Waals surface area contributed by atoms with Crippen molar-refractivity contribution in [1.82, 2.24) is 10.2 Å². The molecule has 0 atom stereocenters. The van der Waals surface area contributed by atoms with Crippen molar-refractivity contribution in [3.63, 3.8) is 0 Å². The van der Waals surface area contributed by atoms with Crippen molar-refractivity contribution >= 4 is 5.82 Å². The SMILES string of the molecule is CCc1nnc(NCC(C)(C)N)c(C#N)c1CC. The van der Waals surface area contributed by atoms with Gasteiger partial charge in [-0.1, -0.05) is 13.8 Å². The van der Waals surface area contributed by atoms with Gasteiger partial charge in [0.15, 0.2) is 5.82 Å². The monoisotopic (exact) mass is 247 g/mol. The molecule has 0 aliphatic carbocycles. The average Bonchev–Trinajstić information content (AvgIpc) is 2.33. The second kappa shape index (κ2) is 5.78. The molecule has 1 heterocycles. The van der Waals surface area contributed by atoms with Crippen LogP contribution in [-0.2, 0) is 12.8 Å². The summed E-state index contributed by atoms with van der Waals surface area (Å²) in [7, 11) is 0. The Morgan fingerprint density at radius 2 is 1.94 bits per heavy atom. The van der Waals surface area contributed by atoms with Gasteiger partial charge in [-0.2, -0.15) is 10.4 Å². The summed E-state index contributed by atoms with van der Waals surface area (Å²) in [5.41, 5.74) is 8.02. The van der Waals surface area contributed by atoms with Gasteiger partial charge in [-0.15, -0.1) is 5.10 Å². The third-order valence-corrected chi connectivity index (χ3v) is 2.67. The molecule has 0 fully saturated rings. The Morgan fingerprint density at radius 1 is 1.28 bits per heavy atom. The molecule has 0 aliphatic heterocycles. The van der Waals surface area contributed by atoms with Crippen molar-refractivity contribution in [3.05, 3.63) is 16.8 Å². The highest BCUT2D eigenvalue weighted by molar-refractivity contribution is 5.56. The number of rotatable bonds is 5. The minimum atomic E-state index is -0.357. The molecular weight excluding hydrogens is 226 g/mol. The zero-order chi connectivity index (χ0) is 13.8. The first-order valence-corrected chi connectivity index (χ1v) is 6.24. The lowest BCUT2D eigenvalue weighted by molar-refractivity contribution is 0.548. The molecule has 0 amide bonds. The van der Waals surface area contributed by atoms with Crippen LogP contribution >= 0.6 is 0 Å². The van der Waals surface area contributed by atoms with Gasteiger partial charge in [0.05, 0.1) is 5.69 Å². The Balaban J connectivity index is 3.10. The van der Waals surface area contributed by atoms with Crippen LogP contribution in [0, 0.1) is 11.3 Å². The average molecular weight is 247 g/mol. The molecule has 1 aromatic heterocycles. The lowest BCUT2D eigenvalue weighted by atomic mass is 10.0. The largest absolute Gasteiger partial charge is 0.366 e. The number of hydrogen-bond acceptors (Lipinski definition) is 5. The Labute approximate surface area is 108 Å². The lowest BCUT2D eigenvalue weighted by Crippen LogP contribution is -2.40. The summed E-state index contributed by atoms with van der Waals surface area (Å²) in [5.74, 6) is 0.532. The molecular formula is C13H21N5. The summed E-state index contributed by atoms with van der Waals surface area (Å²) in [6.07, 6.45) is 1.57. The number of nitriles is 1. The van der Waals surface area contributed by atoms with Crippen molar-refractivity contribution in [2.24, 2.45) is 5.73 Å². The standard InChI is InChI=1S/C13H21N5/c1-5-9-10(7-14)12(16-8-13(3,4)15)18-17-11(9)6-2/h5-6,8,15H2,1-4H3,(H,16,18). The van der Waals surface area contributed by atoms with Crippen molar-refractivity contribution < 1.29 is 0 Å². The molecule has 0 radical (unpaired) electrons. The van der Waals surface area contributed by atoms with E-state index in [2.05, 4.69) is 21.6 Å². The molecule has 0 aromatic carbocycles. The quantitative estimate of drug-likeness (QED) is 0.825. The van der Waals surface area contributed by atoms with Crippen molar-refractivity contribution in [1.29, 1.82) is 5.26 Å². The molecule has 0 unspecified atom stereocenters. The summed E-state index contributed by atoms with van der Waals surface area (Å²) in [5, 5.41) is 20.7. The predicted molar refractivity (Wildman–Crippen MR) is 72.3 cm³/mol. The second-order valence-corrected chi connectivity index (χ2v) is 5.01. The van der Waals surface area contributed by atoms with Gasteiger partial charge >= 0.3 is 0 Å². The van der Waals surface area contributed by atoms with Gasteiger partial charge in [-0.25, -0.2) is 0 Å². The van der Waals surface area contributed by atoms with Crippen LogP contribution in [0.5, 0.6) is 0 Å². The smallest absolute Gasteiger partial charge is 0.167 e. The highest BCUT2D eigenvalue weighted by Crippen LogP contribution is 2.20. The van der Waals surface area contributed by atoms with E-state index in [0.717, 1.165) is 24.1 Å². The second-order valence-electron chi connectivity index (χ2n) is 5.01. The maximum atomic E-state index is 9.29. The maximum absolute atomic E-state index is 9.29. The molecule has 18 heavy (non-hydrogen) atoms. The van der Waals surface area contributed by atoms with Gasteiger partial charge in [0, 0.05) is 12.1 Å². The molecule has 0 bridgehead atoms. The van der Waals surface area contributed by atoms with E-state index < -0.39 is 0 Å². The first kappa shape index (κ1) is 14.4. The third kappa shape index (κ3) is 3.41. The van der Waals surface area contributed by atoms with Gasteiger partial charge < -0.3 is 11.1 Å². The zero-order valence-electron chi connectivity index (χ0n) is 11.5. The Bertz CT molecular complexity index is 454. The Morgan fingerprint density at radius 3 is 2.39 bits per heavy atom. The fourth-order valence-electron chi connectivity index (χ4n) is 1.73. The van der Waals surface area contributed by atoms with Gasteiger partial charge in [-0.3, -0.25) is 0 Å². The maximum Gasteiger partial charge on any atom is 0.167 e. The van der Waals surface area contributed by atoms with E-state index in [1.165, 1.54) is 0 Å². The summed E-state index contributed by atoms with van der Waals surface area (Å²) in [4.78, 5) is 0. The normalized spacial score (nSPS) is 11.1. The van der Waals surface area contributed by atoms with Gasteiger partial charge in [0.25, 0.3) is 0 Å². The zero-order valence-corrected chi connectivity index (χ0v) is 11.5. The first-order chi connectivity index (χ1) is 8.42. The molecule has 1 rings (SSSR count). The van der Waals surface area contributed by atoms with E-state index >= 15 is 0 Å². The Hall–Kier alpha value is -1.67. The van der Waals surface area contributed by atoms with E-state index in [0.29, 0.717) is 17.9 Å². The fraction of sp³-hybridized carbons (Fsp3) is 0.615. The summed E-state index contributed by atoms with van der Waals surface area (Å²) < 4.78 is 0. The molecule has 1 aromatic rings.